The van der Waals surface area contributed by atoms with Crippen LogP contribution in [0.2, 0.25) is 0 Å². The molecule has 2 N–H and O–H groups in total. The van der Waals surface area contributed by atoms with Crippen molar-refractivity contribution in [3.63, 3.8) is 0 Å². The molecule has 2 heterocycles. The topological polar surface area (TPSA) is 52.6 Å². The third-order valence-electron chi connectivity index (χ3n) is 5.98. The van der Waals surface area contributed by atoms with Crippen molar-refractivity contribution in [2.75, 3.05) is 26.2 Å². The van der Waals surface area contributed by atoms with E-state index in [4.69, 9.17) is 0 Å². The predicted octanol–water partition coefficient (Wildman–Crippen LogP) is 3.99. The Bertz CT molecular complexity index is 797. The molecule has 0 saturated carbocycles. The molecule has 2 saturated heterocycles. The van der Waals surface area contributed by atoms with Gasteiger partial charge >= 0.3 is 0 Å². The number of benzene rings is 2. The summed E-state index contributed by atoms with van der Waals surface area (Å²) in [4.78, 5) is 14.9. The van der Waals surface area contributed by atoms with E-state index in [1.54, 1.807) is 6.07 Å². The monoisotopic (exact) mass is 400 g/mol. The molecule has 1 unspecified atom stereocenters. The summed E-state index contributed by atoms with van der Waals surface area (Å²) in [5.41, 5.74) is 3.26. The number of carbonyl (C=O) groups is 1. The predicted molar refractivity (Wildman–Crippen MR) is 114 cm³/mol. The molecule has 2 aromatic carbocycles. The zero-order valence-electron chi connectivity index (χ0n) is 16.1. The van der Waals surface area contributed by atoms with Gasteiger partial charge in [-0.15, -0.1) is 12.4 Å². The average molecular weight is 401 g/mol. The summed E-state index contributed by atoms with van der Waals surface area (Å²) in [6.45, 7) is 3.74. The summed E-state index contributed by atoms with van der Waals surface area (Å²) in [6.07, 6.45) is 4.17. The van der Waals surface area contributed by atoms with Crippen LogP contribution in [-0.2, 0) is 6.42 Å². The second-order valence-electron chi connectivity index (χ2n) is 7.92. The van der Waals surface area contributed by atoms with Crippen molar-refractivity contribution in [2.45, 2.75) is 31.6 Å². The van der Waals surface area contributed by atoms with Gasteiger partial charge in [0, 0.05) is 18.7 Å². The normalized spacial score (nSPS) is 20.0. The Hall–Kier alpha value is -2.04. The van der Waals surface area contributed by atoms with Crippen LogP contribution in [0.4, 0.5) is 0 Å². The fourth-order valence-corrected chi connectivity index (χ4v) is 4.43. The van der Waals surface area contributed by atoms with Crippen molar-refractivity contribution < 1.29 is 9.90 Å². The van der Waals surface area contributed by atoms with Crippen LogP contribution in [0.5, 0.6) is 5.75 Å². The smallest absolute Gasteiger partial charge is 0.253 e. The number of nitrogens with one attached hydrogen (secondary N) is 1. The first-order valence-corrected chi connectivity index (χ1v) is 10.1. The van der Waals surface area contributed by atoms with E-state index in [0.717, 1.165) is 51.0 Å². The van der Waals surface area contributed by atoms with Crippen LogP contribution >= 0.6 is 12.4 Å². The Morgan fingerprint density at radius 3 is 2.57 bits per heavy atom. The maximum atomic E-state index is 13.0. The van der Waals surface area contributed by atoms with Gasteiger partial charge in [0.2, 0.25) is 0 Å². The van der Waals surface area contributed by atoms with Gasteiger partial charge in [0.05, 0.1) is 0 Å². The minimum Gasteiger partial charge on any atom is -0.508 e. The number of aromatic hydroxyl groups is 1. The summed E-state index contributed by atoms with van der Waals surface area (Å²) >= 11 is 0. The van der Waals surface area contributed by atoms with Crippen molar-refractivity contribution in [3.8, 4) is 5.75 Å². The van der Waals surface area contributed by atoms with Crippen molar-refractivity contribution in [1.82, 2.24) is 10.2 Å². The lowest BCUT2D eigenvalue weighted by Crippen LogP contribution is -2.38. The van der Waals surface area contributed by atoms with Crippen molar-refractivity contribution in [3.05, 3.63) is 65.2 Å². The Labute approximate surface area is 173 Å². The average Bonchev–Trinajstić information content (AvgIpc) is 3.21. The van der Waals surface area contributed by atoms with Crippen LogP contribution in [0.1, 0.15) is 46.7 Å². The van der Waals surface area contributed by atoms with Crippen molar-refractivity contribution in [2.24, 2.45) is 5.92 Å². The van der Waals surface area contributed by atoms with E-state index in [-0.39, 0.29) is 18.3 Å². The van der Waals surface area contributed by atoms with Gasteiger partial charge < -0.3 is 15.3 Å². The molecule has 0 aliphatic carbocycles. The second-order valence-corrected chi connectivity index (χ2v) is 7.92. The fraction of sp³-hybridized carbons (Fsp3) is 0.435. The van der Waals surface area contributed by atoms with Crippen LogP contribution in [-0.4, -0.2) is 42.1 Å². The Kier molecular flexibility index (Phi) is 6.97. The standard InChI is InChI=1S/C23H28N2O2.ClH/c26-22-6-2-4-20(15-22)19-8-11-25(12-9-19)23(27)21-5-1-3-17(14-21)13-18-7-10-24-16-18;/h1-6,14-15,18-19,24,26H,7-13,16H2;1H. The lowest BCUT2D eigenvalue weighted by molar-refractivity contribution is 0.0712. The Morgan fingerprint density at radius 2 is 1.86 bits per heavy atom. The minimum absolute atomic E-state index is 0. The van der Waals surface area contributed by atoms with E-state index in [1.165, 1.54) is 17.5 Å². The third kappa shape index (κ3) is 4.86. The van der Waals surface area contributed by atoms with Gasteiger partial charge in [-0.25, -0.2) is 0 Å². The molecule has 2 fully saturated rings. The molecule has 2 aromatic rings. The van der Waals surface area contributed by atoms with Crippen LogP contribution in [0.15, 0.2) is 48.5 Å². The molecule has 0 aromatic heterocycles. The minimum atomic E-state index is 0. The molecule has 1 atom stereocenters. The first-order valence-electron chi connectivity index (χ1n) is 10.1. The lowest BCUT2D eigenvalue weighted by atomic mass is 9.89. The molecular weight excluding hydrogens is 372 g/mol. The molecule has 4 nitrogen and oxygen atoms in total. The maximum absolute atomic E-state index is 13.0. The van der Waals surface area contributed by atoms with Crippen molar-refractivity contribution >= 4 is 18.3 Å². The molecule has 0 bridgehead atoms. The molecule has 0 radical (unpaired) electrons. The van der Waals surface area contributed by atoms with Gasteiger partial charge in [-0.3, -0.25) is 4.79 Å². The number of halogens is 1. The largest absolute Gasteiger partial charge is 0.508 e. The number of phenols is 1. The SMILES string of the molecule is Cl.O=C(c1cccc(CC2CCNC2)c1)N1CCC(c2cccc(O)c2)CC1. The van der Waals surface area contributed by atoms with Crippen LogP contribution in [0, 0.1) is 5.92 Å². The molecule has 5 heteroatoms. The van der Waals surface area contributed by atoms with Gasteiger partial charge in [-0.1, -0.05) is 24.3 Å². The highest BCUT2D eigenvalue weighted by Crippen LogP contribution is 2.30. The van der Waals surface area contributed by atoms with Crippen molar-refractivity contribution in [1.29, 1.82) is 0 Å². The highest BCUT2D eigenvalue weighted by Gasteiger charge is 2.25. The Morgan fingerprint density at radius 1 is 1.07 bits per heavy atom. The summed E-state index contributed by atoms with van der Waals surface area (Å²) in [5.74, 6) is 1.58. The summed E-state index contributed by atoms with van der Waals surface area (Å²) in [5, 5.41) is 13.1. The molecule has 28 heavy (non-hydrogen) atoms. The summed E-state index contributed by atoms with van der Waals surface area (Å²) in [6, 6.07) is 15.7. The van der Waals surface area contributed by atoms with E-state index in [0.29, 0.717) is 17.6 Å². The zero-order chi connectivity index (χ0) is 18.6. The van der Waals surface area contributed by atoms with Crippen LogP contribution < -0.4 is 5.32 Å². The molecule has 2 aliphatic rings. The molecular formula is C23H29ClN2O2. The molecule has 4 rings (SSSR count). The lowest BCUT2D eigenvalue weighted by Gasteiger charge is -2.32. The number of rotatable bonds is 4. The first-order chi connectivity index (χ1) is 13.2. The number of carbonyl (C=O) groups excluding carboxylic acids is 1. The molecule has 0 spiro atoms. The van der Waals surface area contributed by atoms with Gasteiger partial charge in [0.1, 0.15) is 5.75 Å². The zero-order valence-corrected chi connectivity index (χ0v) is 17.0. The van der Waals surface area contributed by atoms with Gasteiger partial charge in [0.15, 0.2) is 0 Å². The number of hydrogen-bond acceptors (Lipinski definition) is 3. The van der Waals surface area contributed by atoms with Gasteiger partial charge in [-0.2, -0.15) is 0 Å². The highest BCUT2D eigenvalue weighted by molar-refractivity contribution is 5.94. The fourth-order valence-electron chi connectivity index (χ4n) is 4.43. The third-order valence-corrected chi connectivity index (χ3v) is 5.98. The number of hydrogen-bond donors (Lipinski definition) is 2. The quantitative estimate of drug-likeness (QED) is 0.815. The summed E-state index contributed by atoms with van der Waals surface area (Å²) < 4.78 is 0. The Balaban J connectivity index is 0.00000225. The molecule has 150 valence electrons. The number of amides is 1. The van der Waals surface area contributed by atoms with E-state index in [2.05, 4.69) is 23.5 Å². The number of piperidine rings is 1. The molecule has 2 aliphatic heterocycles. The maximum Gasteiger partial charge on any atom is 0.253 e. The number of phenolic OH excluding ortho intramolecular Hbond substituents is 1. The molecule has 1 amide bonds. The first kappa shape index (κ1) is 20.7. The second kappa shape index (κ2) is 9.44. The van der Waals surface area contributed by atoms with Crippen LogP contribution in [0.3, 0.4) is 0 Å². The van der Waals surface area contributed by atoms with E-state index < -0.39 is 0 Å². The van der Waals surface area contributed by atoms with E-state index >= 15 is 0 Å². The van der Waals surface area contributed by atoms with Gasteiger partial charge in [0.25, 0.3) is 5.91 Å². The number of likely N-dealkylation sites (tertiary alicyclic amines) is 1. The van der Waals surface area contributed by atoms with E-state index in [9.17, 15) is 9.90 Å². The summed E-state index contributed by atoms with van der Waals surface area (Å²) in [7, 11) is 0. The highest BCUT2D eigenvalue weighted by atomic mass is 35.5. The number of nitrogens with zero attached hydrogens (tertiary/aromatic N) is 1. The van der Waals surface area contributed by atoms with E-state index in [1.807, 2.05) is 29.2 Å². The van der Waals surface area contributed by atoms with Gasteiger partial charge in [-0.05, 0) is 86.0 Å². The van der Waals surface area contributed by atoms with Crippen LogP contribution in [0.25, 0.3) is 0 Å².